The third-order valence-electron chi connectivity index (χ3n) is 2.85. The second-order valence-electron chi connectivity index (χ2n) is 3.99. The Morgan fingerprint density at radius 3 is 2.60 bits per heavy atom. The van der Waals surface area contributed by atoms with E-state index in [0.29, 0.717) is 11.7 Å². The summed E-state index contributed by atoms with van der Waals surface area (Å²) in [6.45, 7) is 0. The van der Waals surface area contributed by atoms with Gasteiger partial charge in [0.25, 0.3) is 0 Å². The second-order valence-corrected chi connectivity index (χ2v) is 3.99. The van der Waals surface area contributed by atoms with Gasteiger partial charge in [0, 0.05) is 0 Å². The molecule has 1 aromatic rings. The fraction of sp³-hybridized carbons (Fsp3) is 0.462. The average molecular weight is 201 g/mol. The van der Waals surface area contributed by atoms with Crippen LogP contribution in [0.5, 0.6) is 5.75 Å². The number of hydrogen-bond acceptors (Lipinski definition) is 2. The van der Waals surface area contributed by atoms with E-state index in [2.05, 4.69) is 6.07 Å². The maximum absolute atomic E-state index is 8.92. The van der Waals surface area contributed by atoms with Crippen LogP contribution >= 0.6 is 0 Å². The summed E-state index contributed by atoms with van der Waals surface area (Å²) < 4.78 is 5.85. The Labute approximate surface area is 90.5 Å². The topological polar surface area (TPSA) is 33.0 Å². The third kappa shape index (κ3) is 2.50. The molecule has 0 spiro atoms. The van der Waals surface area contributed by atoms with Gasteiger partial charge in [-0.25, -0.2) is 0 Å². The predicted molar refractivity (Wildman–Crippen MR) is 58.7 cm³/mol. The summed E-state index contributed by atoms with van der Waals surface area (Å²) in [6.07, 6.45) is 6.38. The van der Waals surface area contributed by atoms with Crippen LogP contribution in [0, 0.1) is 11.3 Å². The molecule has 0 aromatic heterocycles. The molecule has 2 nitrogen and oxygen atoms in total. The zero-order valence-electron chi connectivity index (χ0n) is 8.78. The van der Waals surface area contributed by atoms with E-state index in [9.17, 15) is 0 Å². The van der Waals surface area contributed by atoms with E-state index in [1.54, 1.807) is 6.07 Å². The van der Waals surface area contributed by atoms with E-state index < -0.39 is 0 Å². The first kappa shape index (κ1) is 10.0. The number of para-hydroxylation sites is 1. The van der Waals surface area contributed by atoms with Crippen LogP contribution in [0.1, 0.15) is 37.7 Å². The van der Waals surface area contributed by atoms with E-state index in [1.165, 1.54) is 19.3 Å². The molecule has 15 heavy (non-hydrogen) atoms. The van der Waals surface area contributed by atoms with Crippen molar-refractivity contribution < 1.29 is 4.74 Å². The molecule has 78 valence electrons. The Kier molecular flexibility index (Phi) is 3.24. The molecule has 0 radical (unpaired) electrons. The van der Waals surface area contributed by atoms with Gasteiger partial charge in [0.05, 0.1) is 11.7 Å². The minimum Gasteiger partial charge on any atom is -0.489 e. The molecular weight excluding hydrogens is 186 g/mol. The number of ether oxygens (including phenoxy) is 1. The van der Waals surface area contributed by atoms with Gasteiger partial charge in [-0.1, -0.05) is 18.6 Å². The lowest BCUT2D eigenvalue weighted by molar-refractivity contribution is 0.154. The molecule has 0 saturated heterocycles. The van der Waals surface area contributed by atoms with Crippen molar-refractivity contribution in [2.75, 3.05) is 0 Å². The van der Waals surface area contributed by atoms with Crippen molar-refractivity contribution >= 4 is 0 Å². The van der Waals surface area contributed by atoms with Gasteiger partial charge in [-0.05, 0) is 37.8 Å². The normalized spacial score (nSPS) is 17.0. The Morgan fingerprint density at radius 2 is 1.87 bits per heavy atom. The minimum absolute atomic E-state index is 0.313. The molecule has 1 aliphatic carbocycles. The lowest BCUT2D eigenvalue weighted by atomic mass is 9.98. The Morgan fingerprint density at radius 1 is 1.13 bits per heavy atom. The molecule has 1 aliphatic rings. The molecule has 2 heteroatoms. The Balaban J connectivity index is 2.06. The highest BCUT2D eigenvalue weighted by Crippen LogP contribution is 2.25. The van der Waals surface area contributed by atoms with Crippen molar-refractivity contribution in [1.82, 2.24) is 0 Å². The Bertz CT molecular complexity index is 361. The van der Waals surface area contributed by atoms with Crippen molar-refractivity contribution in [3.8, 4) is 11.8 Å². The van der Waals surface area contributed by atoms with Crippen molar-refractivity contribution in [1.29, 1.82) is 5.26 Å². The molecule has 0 bridgehead atoms. The molecule has 0 amide bonds. The smallest absolute Gasteiger partial charge is 0.137 e. The second kappa shape index (κ2) is 4.84. The van der Waals surface area contributed by atoms with Crippen LogP contribution in [0.4, 0.5) is 0 Å². The number of nitrogens with zero attached hydrogens (tertiary/aromatic N) is 1. The fourth-order valence-corrected chi connectivity index (χ4v) is 2.02. The van der Waals surface area contributed by atoms with Crippen molar-refractivity contribution in [2.24, 2.45) is 0 Å². The molecule has 0 aliphatic heterocycles. The molecule has 1 fully saturated rings. The molecule has 1 aromatic carbocycles. The summed E-state index contributed by atoms with van der Waals surface area (Å²) in [5.74, 6) is 0.743. The van der Waals surface area contributed by atoms with E-state index >= 15 is 0 Å². The van der Waals surface area contributed by atoms with Crippen molar-refractivity contribution in [3.05, 3.63) is 29.8 Å². The summed E-state index contributed by atoms with van der Waals surface area (Å²) in [5.41, 5.74) is 0.642. The first-order valence-electron chi connectivity index (χ1n) is 5.56. The van der Waals surface area contributed by atoms with Crippen LogP contribution in [0.15, 0.2) is 24.3 Å². The fourth-order valence-electron chi connectivity index (χ4n) is 2.02. The first-order valence-corrected chi connectivity index (χ1v) is 5.56. The molecule has 1 saturated carbocycles. The van der Waals surface area contributed by atoms with Gasteiger partial charge < -0.3 is 4.74 Å². The SMILES string of the molecule is N#Cc1ccccc1OC1CCCCC1. The van der Waals surface area contributed by atoms with Gasteiger partial charge >= 0.3 is 0 Å². The average Bonchev–Trinajstić information content (AvgIpc) is 2.31. The summed E-state index contributed by atoms with van der Waals surface area (Å²) in [4.78, 5) is 0. The van der Waals surface area contributed by atoms with Crippen molar-refractivity contribution in [3.63, 3.8) is 0 Å². The van der Waals surface area contributed by atoms with Crippen LogP contribution in [-0.4, -0.2) is 6.10 Å². The van der Waals surface area contributed by atoms with E-state index in [0.717, 1.165) is 18.6 Å². The van der Waals surface area contributed by atoms with E-state index in [4.69, 9.17) is 10.00 Å². The molecule has 0 unspecified atom stereocenters. The minimum atomic E-state index is 0.313. The summed E-state index contributed by atoms with van der Waals surface area (Å²) in [6, 6.07) is 9.63. The number of benzene rings is 1. The molecule has 0 atom stereocenters. The van der Waals surface area contributed by atoms with Gasteiger partial charge in [0.2, 0.25) is 0 Å². The summed E-state index contributed by atoms with van der Waals surface area (Å²) in [7, 11) is 0. The standard InChI is InChI=1S/C13H15NO/c14-10-11-6-4-5-9-13(11)15-12-7-2-1-3-8-12/h4-6,9,12H,1-3,7-8H2. The highest BCUT2D eigenvalue weighted by Gasteiger charge is 2.15. The van der Waals surface area contributed by atoms with Crippen LogP contribution in [0.25, 0.3) is 0 Å². The zero-order chi connectivity index (χ0) is 10.5. The molecule has 0 heterocycles. The third-order valence-corrected chi connectivity index (χ3v) is 2.85. The maximum Gasteiger partial charge on any atom is 0.137 e. The zero-order valence-corrected chi connectivity index (χ0v) is 8.78. The maximum atomic E-state index is 8.92. The number of rotatable bonds is 2. The largest absolute Gasteiger partial charge is 0.489 e. The monoisotopic (exact) mass is 201 g/mol. The first-order chi connectivity index (χ1) is 7.40. The lowest BCUT2D eigenvalue weighted by Crippen LogP contribution is -2.19. The van der Waals surface area contributed by atoms with E-state index in [-0.39, 0.29) is 0 Å². The van der Waals surface area contributed by atoms with Crippen LogP contribution in [0.2, 0.25) is 0 Å². The predicted octanol–water partition coefficient (Wildman–Crippen LogP) is 3.27. The molecule has 2 rings (SSSR count). The summed E-state index contributed by atoms with van der Waals surface area (Å²) >= 11 is 0. The Hall–Kier alpha value is -1.49. The summed E-state index contributed by atoms with van der Waals surface area (Å²) in [5, 5.41) is 8.92. The van der Waals surface area contributed by atoms with Gasteiger partial charge in [0.15, 0.2) is 0 Å². The molecular formula is C13H15NO. The van der Waals surface area contributed by atoms with E-state index in [1.807, 2.05) is 18.2 Å². The number of nitriles is 1. The van der Waals surface area contributed by atoms with Gasteiger partial charge in [-0.15, -0.1) is 0 Å². The quantitative estimate of drug-likeness (QED) is 0.735. The highest BCUT2D eigenvalue weighted by atomic mass is 16.5. The number of hydrogen-bond donors (Lipinski definition) is 0. The van der Waals surface area contributed by atoms with Gasteiger partial charge in [0.1, 0.15) is 11.8 Å². The van der Waals surface area contributed by atoms with Crippen molar-refractivity contribution in [2.45, 2.75) is 38.2 Å². The van der Waals surface area contributed by atoms with Crippen LogP contribution in [0.3, 0.4) is 0 Å². The highest BCUT2D eigenvalue weighted by molar-refractivity contribution is 5.42. The molecule has 0 N–H and O–H groups in total. The van der Waals surface area contributed by atoms with Gasteiger partial charge in [-0.3, -0.25) is 0 Å². The van der Waals surface area contributed by atoms with Gasteiger partial charge in [-0.2, -0.15) is 5.26 Å². The van der Waals surface area contributed by atoms with Crippen LogP contribution in [-0.2, 0) is 0 Å². The van der Waals surface area contributed by atoms with Crippen LogP contribution < -0.4 is 4.74 Å². The lowest BCUT2D eigenvalue weighted by Gasteiger charge is -2.23.